The van der Waals surface area contributed by atoms with Crippen LogP contribution in [0.1, 0.15) is 46.5 Å². The maximum Gasteiger partial charge on any atom is 0.0754 e. The molecule has 0 saturated heterocycles. The Kier molecular flexibility index (Phi) is 5.62. The first-order valence-electron chi connectivity index (χ1n) is 6.50. The van der Waals surface area contributed by atoms with Crippen LogP contribution in [0.3, 0.4) is 0 Å². The van der Waals surface area contributed by atoms with Crippen LogP contribution in [0.4, 0.5) is 0 Å². The number of methoxy groups -OCH3 is 1. The summed E-state index contributed by atoms with van der Waals surface area (Å²) in [7, 11) is 1.87. The van der Waals surface area contributed by atoms with E-state index in [1.54, 1.807) is 0 Å². The van der Waals surface area contributed by atoms with Crippen molar-refractivity contribution in [1.82, 2.24) is 5.32 Å². The van der Waals surface area contributed by atoms with Crippen molar-refractivity contribution in [3.05, 3.63) is 0 Å². The molecule has 90 valence electrons. The number of hydrogen-bond acceptors (Lipinski definition) is 2. The zero-order valence-electron chi connectivity index (χ0n) is 10.8. The molecule has 15 heavy (non-hydrogen) atoms. The summed E-state index contributed by atoms with van der Waals surface area (Å²) in [5.41, 5.74) is 0. The molecular formula is C13H27NO. The normalized spacial score (nSPS) is 22.4. The molecular weight excluding hydrogens is 186 g/mol. The van der Waals surface area contributed by atoms with Gasteiger partial charge in [-0.3, -0.25) is 0 Å². The van der Waals surface area contributed by atoms with Crippen molar-refractivity contribution >= 4 is 0 Å². The van der Waals surface area contributed by atoms with E-state index in [0.29, 0.717) is 12.1 Å². The Hall–Kier alpha value is -0.0800. The lowest BCUT2D eigenvalue weighted by Crippen LogP contribution is -2.46. The Morgan fingerprint density at radius 3 is 2.40 bits per heavy atom. The highest BCUT2D eigenvalue weighted by Gasteiger charge is 2.38. The monoisotopic (exact) mass is 213 g/mol. The second kappa shape index (κ2) is 6.49. The SMILES string of the molecule is CCCC(C)C(NCC)C(OC)C1CC1. The van der Waals surface area contributed by atoms with Gasteiger partial charge in [0.25, 0.3) is 0 Å². The van der Waals surface area contributed by atoms with Gasteiger partial charge >= 0.3 is 0 Å². The van der Waals surface area contributed by atoms with Gasteiger partial charge in [0.2, 0.25) is 0 Å². The topological polar surface area (TPSA) is 21.3 Å². The lowest BCUT2D eigenvalue weighted by atomic mass is 9.90. The van der Waals surface area contributed by atoms with Crippen molar-refractivity contribution in [1.29, 1.82) is 0 Å². The van der Waals surface area contributed by atoms with Crippen LogP contribution in [0, 0.1) is 11.8 Å². The molecule has 1 N–H and O–H groups in total. The average molecular weight is 213 g/mol. The quantitative estimate of drug-likeness (QED) is 0.669. The fourth-order valence-corrected chi connectivity index (χ4v) is 2.57. The fraction of sp³-hybridized carbons (Fsp3) is 1.00. The van der Waals surface area contributed by atoms with E-state index in [-0.39, 0.29) is 0 Å². The van der Waals surface area contributed by atoms with Gasteiger partial charge in [0, 0.05) is 13.2 Å². The van der Waals surface area contributed by atoms with Crippen molar-refractivity contribution in [2.45, 2.75) is 58.6 Å². The summed E-state index contributed by atoms with van der Waals surface area (Å²) in [6, 6.07) is 0.549. The summed E-state index contributed by atoms with van der Waals surface area (Å²) in [4.78, 5) is 0. The summed E-state index contributed by atoms with van der Waals surface area (Å²) in [5, 5.41) is 3.61. The molecule has 0 bridgehead atoms. The number of ether oxygens (including phenoxy) is 1. The predicted octanol–water partition coefficient (Wildman–Crippen LogP) is 2.83. The maximum absolute atomic E-state index is 5.69. The highest BCUT2D eigenvalue weighted by Crippen LogP contribution is 2.37. The van der Waals surface area contributed by atoms with Crippen LogP contribution in [0.25, 0.3) is 0 Å². The van der Waals surface area contributed by atoms with Gasteiger partial charge in [0.05, 0.1) is 6.10 Å². The Morgan fingerprint density at radius 2 is 2.00 bits per heavy atom. The minimum absolute atomic E-state index is 0.437. The van der Waals surface area contributed by atoms with Gasteiger partial charge in [-0.2, -0.15) is 0 Å². The van der Waals surface area contributed by atoms with Crippen LogP contribution in [-0.4, -0.2) is 25.8 Å². The summed E-state index contributed by atoms with van der Waals surface area (Å²) in [6.45, 7) is 7.85. The molecule has 0 aliphatic heterocycles. The van der Waals surface area contributed by atoms with E-state index in [4.69, 9.17) is 4.74 Å². The Morgan fingerprint density at radius 1 is 1.33 bits per heavy atom. The highest BCUT2D eigenvalue weighted by atomic mass is 16.5. The first-order chi connectivity index (χ1) is 7.24. The van der Waals surface area contributed by atoms with E-state index >= 15 is 0 Å². The van der Waals surface area contributed by atoms with Crippen LogP contribution in [0.2, 0.25) is 0 Å². The first kappa shape index (κ1) is 13.0. The van der Waals surface area contributed by atoms with E-state index < -0.39 is 0 Å². The molecule has 0 amide bonds. The zero-order valence-corrected chi connectivity index (χ0v) is 10.8. The lowest BCUT2D eigenvalue weighted by molar-refractivity contribution is 0.0329. The number of hydrogen-bond donors (Lipinski definition) is 1. The van der Waals surface area contributed by atoms with E-state index in [2.05, 4.69) is 26.1 Å². The Labute approximate surface area is 94.8 Å². The highest BCUT2D eigenvalue weighted by molar-refractivity contribution is 4.92. The van der Waals surface area contributed by atoms with E-state index in [1.165, 1.54) is 25.7 Å². The van der Waals surface area contributed by atoms with Crippen molar-refractivity contribution in [2.75, 3.05) is 13.7 Å². The van der Waals surface area contributed by atoms with Crippen LogP contribution in [0.5, 0.6) is 0 Å². The van der Waals surface area contributed by atoms with Gasteiger partial charge in [-0.1, -0.05) is 27.2 Å². The van der Waals surface area contributed by atoms with E-state index in [0.717, 1.165) is 18.4 Å². The smallest absolute Gasteiger partial charge is 0.0754 e. The van der Waals surface area contributed by atoms with E-state index in [1.807, 2.05) is 7.11 Å². The molecule has 1 fully saturated rings. The number of rotatable bonds is 8. The van der Waals surface area contributed by atoms with Crippen LogP contribution < -0.4 is 5.32 Å². The van der Waals surface area contributed by atoms with Gasteiger partial charge in [-0.05, 0) is 37.6 Å². The Bertz CT molecular complexity index is 168. The molecule has 2 heteroatoms. The van der Waals surface area contributed by atoms with Gasteiger partial charge in [0.1, 0.15) is 0 Å². The molecule has 1 aliphatic rings. The van der Waals surface area contributed by atoms with Crippen LogP contribution >= 0.6 is 0 Å². The second-order valence-corrected chi connectivity index (χ2v) is 4.89. The standard InChI is InChI=1S/C13H27NO/c1-5-7-10(3)12(14-6-2)13(15-4)11-8-9-11/h10-14H,5-9H2,1-4H3. The number of likely N-dealkylation sites (N-methyl/N-ethyl adjacent to an activating group) is 1. The molecule has 1 aliphatic carbocycles. The maximum atomic E-state index is 5.69. The van der Waals surface area contributed by atoms with Crippen LogP contribution in [-0.2, 0) is 4.74 Å². The average Bonchev–Trinajstić information content (AvgIpc) is 3.02. The largest absolute Gasteiger partial charge is 0.380 e. The molecule has 3 unspecified atom stereocenters. The summed E-state index contributed by atoms with van der Waals surface area (Å²) < 4.78 is 5.69. The van der Waals surface area contributed by atoms with Gasteiger partial charge < -0.3 is 10.1 Å². The van der Waals surface area contributed by atoms with Gasteiger partial charge in [-0.25, -0.2) is 0 Å². The van der Waals surface area contributed by atoms with Crippen molar-refractivity contribution in [3.8, 4) is 0 Å². The number of nitrogens with one attached hydrogen (secondary N) is 1. The van der Waals surface area contributed by atoms with Crippen molar-refractivity contribution < 1.29 is 4.74 Å². The van der Waals surface area contributed by atoms with Crippen molar-refractivity contribution in [3.63, 3.8) is 0 Å². The summed E-state index contributed by atoms with van der Waals surface area (Å²) >= 11 is 0. The minimum atomic E-state index is 0.437. The third-order valence-corrected chi connectivity index (χ3v) is 3.51. The molecule has 3 atom stereocenters. The molecule has 0 spiro atoms. The van der Waals surface area contributed by atoms with E-state index in [9.17, 15) is 0 Å². The molecule has 0 aromatic carbocycles. The molecule has 0 radical (unpaired) electrons. The van der Waals surface area contributed by atoms with Gasteiger partial charge in [-0.15, -0.1) is 0 Å². The minimum Gasteiger partial charge on any atom is -0.380 e. The third kappa shape index (κ3) is 3.76. The molecule has 0 heterocycles. The molecule has 2 nitrogen and oxygen atoms in total. The fourth-order valence-electron chi connectivity index (χ4n) is 2.57. The Balaban J connectivity index is 2.52. The molecule has 0 aromatic heterocycles. The molecule has 1 rings (SSSR count). The van der Waals surface area contributed by atoms with Crippen molar-refractivity contribution in [2.24, 2.45) is 11.8 Å². The summed E-state index contributed by atoms with van der Waals surface area (Å²) in [6.07, 6.45) is 5.72. The molecule has 1 saturated carbocycles. The van der Waals surface area contributed by atoms with Crippen LogP contribution in [0.15, 0.2) is 0 Å². The third-order valence-electron chi connectivity index (χ3n) is 3.51. The second-order valence-electron chi connectivity index (χ2n) is 4.89. The summed E-state index contributed by atoms with van der Waals surface area (Å²) in [5.74, 6) is 1.54. The van der Waals surface area contributed by atoms with Gasteiger partial charge in [0.15, 0.2) is 0 Å². The zero-order chi connectivity index (χ0) is 11.3. The predicted molar refractivity (Wildman–Crippen MR) is 65.1 cm³/mol. The first-order valence-corrected chi connectivity index (χ1v) is 6.50. The molecule has 0 aromatic rings. The lowest BCUT2D eigenvalue weighted by Gasteiger charge is -2.31.